The average Bonchev–Trinajstić information content (AvgIpc) is 2.32. The van der Waals surface area contributed by atoms with Gasteiger partial charge in [0.1, 0.15) is 11.9 Å². The van der Waals surface area contributed by atoms with Gasteiger partial charge in [0.2, 0.25) is 0 Å². The van der Waals surface area contributed by atoms with Crippen LogP contribution in [0.4, 0.5) is 10.1 Å². The Morgan fingerprint density at radius 3 is 2.72 bits per heavy atom. The summed E-state index contributed by atoms with van der Waals surface area (Å²) in [4.78, 5) is 23.0. The number of rotatable bonds is 4. The fourth-order valence-electron chi connectivity index (χ4n) is 1.29. The molecule has 0 spiro atoms. The van der Waals surface area contributed by atoms with Gasteiger partial charge in [-0.1, -0.05) is 0 Å². The second kappa shape index (κ2) is 6.00. The Balaban J connectivity index is 2.70. The van der Waals surface area contributed by atoms with Crippen LogP contribution >= 0.6 is 0 Å². The summed E-state index contributed by atoms with van der Waals surface area (Å²) >= 11 is 0. The predicted molar refractivity (Wildman–Crippen MR) is 64.4 cm³/mol. The first-order chi connectivity index (χ1) is 8.45. The SMILES string of the molecule is CCOC(=O)C(C)NC(=O)c1ccc(F)c(N)c1. The van der Waals surface area contributed by atoms with Crippen molar-refractivity contribution in [2.75, 3.05) is 12.3 Å². The van der Waals surface area contributed by atoms with Gasteiger partial charge in [-0.15, -0.1) is 0 Å². The summed E-state index contributed by atoms with van der Waals surface area (Å²) in [6, 6.07) is 2.82. The molecule has 1 atom stereocenters. The molecule has 98 valence electrons. The number of benzene rings is 1. The van der Waals surface area contributed by atoms with Crippen LogP contribution in [0.1, 0.15) is 24.2 Å². The topological polar surface area (TPSA) is 81.4 Å². The van der Waals surface area contributed by atoms with E-state index in [9.17, 15) is 14.0 Å². The lowest BCUT2D eigenvalue weighted by molar-refractivity contribution is -0.144. The van der Waals surface area contributed by atoms with Gasteiger partial charge in [-0.25, -0.2) is 9.18 Å². The Morgan fingerprint density at radius 1 is 1.50 bits per heavy atom. The van der Waals surface area contributed by atoms with Crippen molar-refractivity contribution in [2.45, 2.75) is 19.9 Å². The molecule has 0 saturated carbocycles. The Bertz CT molecular complexity index is 463. The summed E-state index contributed by atoms with van der Waals surface area (Å²) in [6.07, 6.45) is 0. The molecule has 0 heterocycles. The van der Waals surface area contributed by atoms with E-state index < -0.39 is 23.7 Å². The number of carbonyl (C=O) groups is 2. The predicted octanol–water partition coefficient (Wildman–Crippen LogP) is 1.09. The Morgan fingerprint density at radius 2 is 2.17 bits per heavy atom. The molecule has 1 unspecified atom stereocenters. The summed E-state index contributed by atoms with van der Waals surface area (Å²) in [5.41, 5.74) is 5.42. The molecule has 0 aliphatic heterocycles. The van der Waals surface area contributed by atoms with Crippen LogP contribution in [-0.4, -0.2) is 24.5 Å². The van der Waals surface area contributed by atoms with E-state index in [1.807, 2.05) is 0 Å². The zero-order valence-electron chi connectivity index (χ0n) is 10.2. The minimum absolute atomic E-state index is 0.119. The number of hydrogen-bond donors (Lipinski definition) is 2. The summed E-state index contributed by atoms with van der Waals surface area (Å²) in [7, 11) is 0. The third-order valence-corrected chi connectivity index (χ3v) is 2.25. The molecule has 1 rings (SSSR count). The van der Waals surface area contributed by atoms with E-state index in [0.29, 0.717) is 0 Å². The number of nitrogens with one attached hydrogen (secondary N) is 1. The van der Waals surface area contributed by atoms with E-state index in [2.05, 4.69) is 5.32 Å². The second-order valence-electron chi connectivity index (χ2n) is 3.68. The molecule has 5 nitrogen and oxygen atoms in total. The third-order valence-electron chi connectivity index (χ3n) is 2.25. The van der Waals surface area contributed by atoms with Crippen LogP contribution in [0.2, 0.25) is 0 Å². The molecule has 0 bridgehead atoms. The van der Waals surface area contributed by atoms with Crippen molar-refractivity contribution in [3.8, 4) is 0 Å². The Hall–Kier alpha value is -2.11. The van der Waals surface area contributed by atoms with Crippen molar-refractivity contribution < 1.29 is 18.7 Å². The smallest absolute Gasteiger partial charge is 0.328 e. The van der Waals surface area contributed by atoms with Crippen LogP contribution in [0.15, 0.2) is 18.2 Å². The minimum atomic E-state index is -0.774. The number of amides is 1. The van der Waals surface area contributed by atoms with Crippen molar-refractivity contribution in [2.24, 2.45) is 0 Å². The van der Waals surface area contributed by atoms with Crippen molar-refractivity contribution in [3.05, 3.63) is 29.6 Å². The fraction of sp³-hybridized carbons (Fsp3) is 0.333. The number of anilines is 1. The number of carbonyl (C=O) groups excluding carboxylic acids is 2. The number of nitrogen functional groups attached to an aromatic ring is 1. The number of hydrogen-bond acceptors (Lipinski definition) is 4. The highest BCUT2D eigenvalue weighted by atomic mass is 19.1. The minimum Gasteiger partial charge on any atom is -0.464 e. The van der Waals surface area contributed by atoms with Crippen LogP contribution in [0, 0.1) is 5.82 Å². The second-order valence-corrected chi connectivity index (χ2v) is 3.68. The van der Waals surface area contributed by atoms with Crippen LogP contribution in [-0.2, 0) is 9.53 Å². The normalized spacial score (nSPS) is 11.7. The van der Waals surface area contributed by atoms with Crippen molar-refractivity contribution in [1.29, 1.82) is 0 Å². The highest BCUT2D eigenvalue weighted by Crippen LogP contribution is 2.12. The molecule has 1 aromatic carbocycles. The van der Waals surface area contributed by atoms with Gasteiger partial charge >= 0.3 is 5.97 Å². The number of esters is 1. The summed E-state index contributed by atoms with van der Waals surface area (Å²) in [6.45, 7) is 3.42. The lowest BCUT2D eigenvalue weighted by Crippen LogP contribution is -2.39. The van der Waals surface area contributed by atoms with Gasteiger partial charge in [-0.05, 0) is 32.0 Å². The number of halogens is 1. The Labute approximate surface area is 104 Å². The van der Waals surface area contributed by atoms with E-state index in [0.717, 1.165) is 6.07 Å². The van der Waals surface area contributed by atoms with Gasteiger partial charge in [-0.2, -0.15) is 0 Å². The van der Waals surface area contributed by atoms with Gasteiger partial charge in [-0.3, -0.25) is 4.79 Å². The van der Waals surface area contributed by atoms with Gasteiger partial charge in [0.25, 0.3) is 5.91 Å². The lowest BCUT2D eigenvalue weighted by atomic mass is 10.1. The van der Waals surface area contributed by atoms with E-state index in [-0.39, 0.29) is 17.9 Å². The molecule has 18 heavy (non-hydrogen) atoms. The molecule has 0 fully saturated rings. The van der Waals surface area contributed by atoms with E-state index in [1.54, 1.807) is 6.92 Å². The molecular formula is C12H15FN2O3. The summed E-state index contributed by atoms with van der Waals surface area (Å²) in [5, 5.41) is 2.44. The fourth-order valence-corrected chi connectivity index (χ4v) is 1.29. The molecule has 0 aliphatic rings. The monoisotopic (exact) mass is 254 g/mol. The maximum Gasteiger partial charge on any atom is 0.328 e. The van der Waals surface area contributed by atoms with Gasteiger partial charge in [0.05, 0.1) is 12.3 Å². The van der Waals surface area contributed by atoms with E-state index in [1.165, 1.54) is 19.1 Å². The van der Waals surface area contributed by atoms with Crippen molar-refractivity contribution >= 4 is 17.6 Å². The number of nitrogens with two attached hydrogens (primary N) is 1. The molecule has 0 saturated heterocycles. The zero-order valence-corrected chi connectivity index (χ0v) is 10.2. The molecule has 0 aliphatic carbocycles. The van der Waals surface area contributed by atoms with Crippen LogP contribution in [0.3, 0.4) is 0 Å². The molecule has 0 radical (unpaired) electrons. The van der Waals surface area contributed by atoms with Crippen LogP contribution in [0.5, 0.6) is 0 Å². The largest absolute Gasteiger partial charge is 0.464 e. The van der Waals surface area contributed by atoms with Gasteiger partial charge < -0.3 is 15.8 Å². The molecule has 1 aromatic rings. The van der Waals surface area contributed by atoms with Crippen LogP contribution in [0.25, 0.3) is 0 Å². The molecule has 0 aromatic heterocycles. The summed E-state index contributed by atoms with van der Waals surface area (Å²) < 4.78 is 17.7. The molecular weight excluding hydrogens is 239 g/mol. The summed E-state index contributed by atoms with van der Waals surface area (Å²) in [5.74, 6) is -1.63. The maximum atomic E-state index is 12.9. The van der Waals surface area contributed by atoms with Crippen molar-refractivity contribution in [3.63, 3.8) is 0 Å². The molecule has 6 heteroatoms. The molecule has 1 amide bonds. The standard InChI is InChI=1S/C12H15FN2O3/c1-3-18-12(17)7(2)15-11(16)8-4-5-9(13)10(14)6-8/h4-7H,3,14H2,1-2H3,(H,15,16). The first-order valence-electron chi connectivity index (χ1n) is 5.48. The lowest BCUT2D eigenvalue weighted by Gasteiger charge is -2.12. The highest BCUT2D eigenvalue weighted by Gasteiger charge is 2.17. The maximum absolute atomic E-state index is 12.9. The van der Waals surface area contributed by atoms with E-state index >= 15 is 0 Å². The first-order valence-corrected chi connectivity index (χ1v) is 5.48. The van der Waals surface area contributed by atoms with Crippen LogP contribution < -0.4 is 11.1 Å². The van der Waals surface area contributed by atoms with E-state index in [4.69, 9.17) is 10.5 Å². The number of ether oxygens (including phenoxy) is 1. The zero-order chi connectivity index (χ0) is 13.7. The highest BCUT2D eigenvalue weighted by molar-refractivity contribution is 5.97. The quantitative estimate of drug-likeness (QED) is 0.622. The molecule has 3 N–H and O–H groups in total. The van der Waals surface area contributed by atoms with Gasteiger partial charge in [0.15, 0.2) is 0 Å². The Kier molecular flexibility index (Phi) is 4.65. The van der Waals surface area contributed by atoms with Crippen molar-refractivity contribution in [1.82, 2.24) is 5.32 Å². The third kappa shape index (κ3) is 3.44. The van der Waals surface area contributed by atoms with Gasteiger partial charge in [0, 0.05) is 5.56 Å². The average molecular weight is 254 g/mol. The first kappa shape index (κ1) is 14.0.